The van der Waals surface area contributed by atoms with Gasteiger partial charge in [-0.05, 0) is 18.8 Å². The Bertz CT molecular complexity index is 680. The second-order valence-corrected chi connectivity index (χ2v) is 9.20. The molecule has 0 aromatic carbocycles. The van der Waals surface area contributed by atoms with Crippen molar-refractivity contribution < 1.29 is 14.4 Å². The van der Waals surface area contributed by atoms with Gasteiger partial charge in [-0.3, -0.25) is 24.7 Å². The van der Waals surface area contributed by atoms with Gasteiger partial charge in [0.25, 0.3) is 0 Å². The highest BCUT2D eigenvalue weighted by atomic mass is 16.2. The number of hydrogen-bond acceptors (Lipinski definition) is 5. The first-order valence-electron chi connectivity index (χ1n) is 9.55. The molecule has 3 amide bonds. The highest BCUT2D eigenvalue weighted by Gasteiger charge is 2.68. The van der Waals surface area contributed by atoms with Crippen molar-refractivity contribution in [3.05, 3.63) is 0 Å². The summed E-state index contributed by atoms with van der Waals surface area (Å²) < 4.78 is 0. The molecule has 1 unspecified atom stereocenters. The van der Waals surface area contributed by atoms with E-state index in [1.165, 1.54) is 0 Å². The van der Waals surface area contributed by atoms with Crippen LogP contribution in [0, 0.1) is 28.6 Å². The minimum Gasteiger partial charge on any atom is -0.298 e. The van der Waals surface area contributed by atoms with Crippen LogP contribution in [-0.2, 0) is 9.59 Å². The van der Waals surface area contributed by atoms with Crippen LogP contribution in [0.4, 0.5) is 4.79 Å². The van der Waals surface area contributed by atoms with Crippen LogP contribution in [0.25, 0.3) is 0 Å². The third kappa shape index (κ3) is 2.07. The Kier molecular flexibility index (Phi) is 3.73. The van der Waals surface area contributed by atoms with Crippen LogP contribution in [-0.4, -0.2) is 65.6 Å². The van der Waals surface area contributed by atoms with Crippen molar-refractivity contribution >= 4 is 23.4 Å². The zero-order valence-electron chi connectivity index (χ0n) is 16.2. The van der Waals surface area contributed by atoms with Gasteiger partial charge in [0.1, 0.15) is 5.92 Å². The predicted octanol–water partition coefficient (Wildman–Crippen LogP) is 1.14. The fraction of sp³-hybridized carbons (Fsp3) is 0.789. The SMILES string of the molecule is CC1=NC(=O)NC(=O)C1C1N2CC3(C(C)C)CN1CC(C(C)C)(C2)C3=O. The van der Waals surface area contributed by atoms with Crippen LogP contribution in [0.1, 0.15) is 34.6 Å². The normalized spacial score (nSPS) is 44.7. The number of nitrogens with zero attached hydrogens (tertiary/aromatic N) is 3. The summed E-state index contributed by atoms with van der Waals surface area (Å²) in [5, 5.41) is 2.36. The number of hydrogen-bond donors (Lipinski definition) is 1. The van der Waals surface area contributed by atoms with Crippen molar-refractivity contribution in [2.75, 3.05) is 26.2 Å². The molecule has 5 heterocycles. The van der Waals surface area contributed by atoms with Crippen LogP contribution in [0.15, 0.2) is 4.99 Å². The molecule has 0 spiro atoms. The van der Waals surface area contributed by atoms with Crippen molar-refractivity contribution in [2.24, 2.45) is 33.6 Å². The summed E-state index contributed by atoms with van der Waals surface area (Å²) >= 11 is 0. The Balaban J connectivity index is 1.77. The van der Waals surface area contributed by atoms with Crippen LogP contribution in [0.3, 0.4) is 0 Å². The van der Waals surface area contributed by atoms with E-state index in [-0.39, 0.29) is 34.7 Å². The number of ketones is 1. The lowest BCUT2D eigenvalue weighted by molar-refractivity contribution is -0.220. The monoisotopic (exact) mass is 360 g/mol. The minimum absolute atomic E-state index is 0.126. The van der Waals surface area contributed by atoms with Crippen molar-refractivity contribution in [2.45, 2.75) is 40.8 Å². The smallest absolute Gasteiger partial charge is 0.298 e. The standard InChI is InChI=1S/C19H28N4O3/c1-10(2)18-6-22-8-19(11(3)4,16(18)25)9-23(7-18)15(22)13-12(5)20-17(26)21-14(13)24/h10-11,13,15H,6-9H2,1-5H3,(H,21,24,26). The zero-order valence-corrected chi connectivity index (χ0v) is 16.2. The molecule has 5 aliphatic heterocycles. The number of carbonyl (C=O) groups excluding carboxylic acids is 3. The fourth-order valence-corrected chi connectivity index (χ4v) is 5.71. The predicted molar refractivity (Wildman–Crippen MR) is 96.6 cm³/mol. The minimum atomic E-state index is -0.579. The van der Waals surface area contributed by atoms with Crippen molar-refractivity contribution in [1.29, 1.82) is 0 Å². The molecule has 0 radical (unpaired) electrons. The molecular formula is C19H28N4O3. The van der Waals surface area contributed by atoms with E-state index in [0.29, 0.717) is 37.7 Å². The molecule has 5 aliphatic rings. The number of carbonyl (C=O) groups is 3. The van der Waals surface area contributed by atoms with Crippen molar-refractivity contribution in [3.8, 4) is 0 Å². The average Bonchev–Trinajstić information content (AvgIpc) is 2.51. The highest BCUT2D eigenvalue weighted by Crippen LogP contribution is 2.55. The summed E-state index contributed by atoms with van der Waals surface area (Å²) in [4.78, 5) is 46.3. The van der Waals surface area contributed by atoms with Crippen molar-refractivity contribution in [1.82, 2.24) is 15.1 Å². The van der Waals surface area contributed by atoms with Crippen molar-refractivity contribution in [3.63, 3.8) is 0 Å². The molecule has 4 saturated heterocycles. The molecule has 0 aromatic rings. The summed E-state index contributed by atoms with van der Waals surface area (Å²) in [6, 6.07) is -0.579. The molecule has 7 nitrogen and oxygen atoms in total. The lowest BCUT2D eigenvalue weighted by Gasteiger charge is -2.69. The molecule has 142 valence electrons. The molecule has 0 aliphatic carbocycles. The van der Waals surface area contributed by atoms with Gasteiger partial charge in [-0.1, -0.05) is 27.7 Å². The maximum absolute atomic E-state index is 13.6. The molecule has 1 N–H and O–H groups in total. The zero-order chi connectivity index (χ0) is 19.0. The Morgan fingerprint density at radius 3 is 1.81 bits per heavy atom. The topological polar surface area (TPSA) is 82.1 Å². The van der Waals surface area contributed by atoms with Crippen LogP contribution >= 0.6 is 0 Å². The van der Waals surface area contributed by atoms with Gasteiger partial charge in [0.15, 0.2) is 5.78 Å². The summed E-state index contributed by atoms with van der Waals surface area (Å²) in [5.41, 5.74) is -0.174. The van der Waals surface area contributed by atoms with Gasteiger partial charge >= 0.3 is 6.03 Å². The number of aliphatic imine (C=N–C) groups is 1. The number of Topliss-reactive ketones (excluding diaryl/α,β-unsaturated/α-hetero) is 1. The van der Waals surface area contributed by atoms with Gasteiger partial charge in [0.05, 0.1) is 17.0 Å². The number of imide groups is 1. The van der Waals surface area contributed by atoms with E-state index in [0.717, 1.165) is 0 Å². The number of piperidine rings is 2. The van der Waals surface area contributed by atoms with Crippen LogP contribution < -0.4 is 5.32 Å². The maximum atomic E-state index is 13.6. The van der Waals surface area contributed by atoms with Gasteiger partial charge < -0.3 is 0 Å². The van der Waals surface area contributed by atoms with Crippen LogP contribution in [0.5, 0.6) is 0 Å². The number of rotatable bonds is 3. The average molecular weight is 360 g/mol. The molecule has 0 aromatic heterocycles. The molecular weight excluding hydrogens is 332 g/mol. The van der Waals surface area contributed by atoms with Gasteiger partial charge in [0, 0.05) is 31.9 Å². The molecule has 0 saturated carbocycles. The third-order valence-electron chi connectivity index (χ3n) is 7.34. The number of urea groups is 1. The Morgan fingerprint density at radius 1 is 0.962 bits per heavy atom. The fourth-order valence-electron chi connectivity index (χ4n) is 5.71. The van der Waals surface area contributed by atoms with E-state index in [4.69, 9.17) is 0 Å². The van der Waals surface area contributed by atoms with Gasteiger partial charge in [-0.2, -0.15) is 0 Å². The molecule has 5 rings (SSSR count). The Hall–Kier alpha value is -1.60. The summed E-state index contributed by atoms with van der Waals surface area (Å²) in [7, 11) is 0. The Morgan fingerprint density at radius 2 is 1.42 bits per heavy atom. The first kappa shape index (κ1) is 17.8. The second-order valence-electron chi connectivity index (χ2n) is 9.20. The number of nitrogens with one attached hydrogen (secondary N) is 1. The molecule has 1 atom stereocenters. The second kappa shape index (κ2) is 5.45. The quantitative estimate of drug-likeness (QED) is 0.816. The maximum Gasteiger partial charge on any atom is 0.347 e. The third-order valence-corrected chi connectivity index (χ3v) is 7.34. The van der Waals surface area contributed by atoms with Gasteiger partial charge in [-0.25, -0.2) is 9.79 Å². The highest BCUT2D eigenvalue weighted by molar-refractivity contribution is 6.16. The van der Waals surface area contributed by atoms with E-state index >= 15 is 0 Å². The molecule has 4 bridgehead atoms. The van der Waals surface area contributed by atoms with E-state index in [1.807, 2.05) is 0 Å². The molecule has 4 fully saturated rings. The summed E-state index contributed by atoms with van der Waals surface area (Å²) in [6.07, 6.45) is -0.126. The Labute approximate surface area is 154 Å². The summed E-state index contributed by atoms with van der Waals surface area (Å²) in [6.45, 7) is 13.0. The first-order valence-corrected chi connectivity index (χ1v) is 9.55. The lowest BCUT2D eigenvalue weighted by atomic mass is 9.53. The molecule has 26 heavy (non-hydrogen) atoms. The van der Waals surface area contributed by atoms with E-state index < -0.39 is 11.9 Å². The van der Waals surface area contributed by atoms with E-state index in [9.17, 15) is 14.4 Å². The van der Waals surface area contributed by atoms with Gasteiger partial charge in [0.2, 0.25) is 5.91 Å². The van der Waals surface area contributed by atoms with Gasteiger partial charge in [-0.15, -0.1) is 0 Å². The summed E-state index contributed by atoms with van der Waals surface area (Å²) in [5.74, 6) is 0.168. The molecule has 7 heteroatoms. The van der Waals surface area contributed by atoms with E-state index in [1.54, 1.807) is 6.92 Å². The number of amides is 3. The van der Waals surface area contributed by atoms with Crippen LogP contribution in [0.2, 0.25) is 0 Å². The lowest BCUT2D eigenvalue weighted by Crippen LogP contribution is -2.83. The largest absolute Gasteiger partial charge is 0.347 e. The van der Waals surface area contributed by atoms with E-state index in [2.05, 4.69) is 47.8 Å². The first-order chi connectivity index (χ1) is 12.1.